The molecule has 0 spiro atoms. The number of carbonyl (C=O) groups is 4. The van der Waals surface area contributed by atoms with Gasteiger partial charge in [-0.15, -0.1) is 0 Å². The van der Waals surface area contributed by atoms with Crippen LogP contribution in [0.5, 0.6) is 0 Å². The Morgan fingerprint density at radius 1 is 1.21 bits per heavy atom. The summed E-state index contributed by atoms with van der Waals surface area (Å²) in [5.41, 5.74) is 15.7. The van der Waals surface area contributed by atoms with Gasteiger partial charge in [-0.3, -0.25) is 19.2 Å². The number of nitrogens with two attached hydrogens (primary N) is 3. The van der Waals surface area contributed by atoms with Gasteiger partial charge < -0.3 is 27.6 Å². The number of rotatable bonds is 8. The zero-order valence-corrected chi connectivity index (χ0v) is 10.8. The van der Waals surface area contributed by atoms with Crippen molar-refractivity contribution in [1.82, 2.24) is 5.32 Å². The van der Waals surface area contributed by atoms with Crippen molar-refractivity contribution in [1.29, 1.82) is 0 Å². The Morgan fingerprint density at radius 3 is 2.16 bits per heavy atom. The molecule has 0 fully saturated rings. The second-order valence-corrected chi connectivity index (χ2v) is 4.32. The minimum absolute atomic E-state index is 0.390. The molecule has 9 nitrogen and oxygen atoms in total. The first-order valence-electron chi connectivity index (χ1n) is 5.17. The van der Waals surface area contributed by atoms with Crippen LogP contribution in [0.2, 0.25) is 0 Å². The summed E-state index contributed by atoms with van der Waals surface area (Å²) in [6, 6.07) is -2.59. The molecule has 0 aromatic heterocycles. The van der Waals surface area contributed by atoms with Crippen molar-refractivity contribution in [3.63, 3.8) is 0 Å². The first-order chi connectivity index (χ1) is 8.66. The quantitative estimate of drug-likeness (QED) is 0.252. The van der Waals surface area contributed by atoms with Crippen molar-refractivity contribution in [2.24, 2.45) is 17.2 Å². The lowest BCUT2D eigenvalue weighted by Crippen LogP contribution is -2.53. The van der Waals surface area contributed by atoms with E-state index in [2.05, 4.69) is 12.6 Å². The van der Waals surface area contributed by atoms with Gasteiger partial charge in [0, 0.05) is 6.42 Å². The monoisotopic (exact) mass is 292 g/mol. The van der Waals surface area contributed by atoms with Crippen LogP contribution < -0.4 is 22.5 Å². The molecule has 0 aliphatic rings. The fourth-order valence-electron chi connectivity index (χ4n) is 1.14. The summed E-state index contributed by atoms with van der Waals surface area (Å²) in [4.78, 5) is 43.9. The van der Waals surface area contributed by atoms with E-state index >= 15 is 0 Å². The fourth-order valence-corrected chi connectivity index (χ4v) is 1.46. The first-order valence-corrected chi connectivity index (χ1v) is 5.69. The van der Waals surface area contributed by atoms with Gasteiger partial charge in [-0.2, -0.15) is 12.6 Å². The van der Waals surface area contributed by atoms with Crippen LogP contribution in [-0.4, -0.2) is 52.6 Å². The molecule has 0 radical (unpaired) electrons. The maximum atomic E-state index is 11.7. The van der Waals surface area contributed by atoms with Crippen LogP contribution in [0.3, 0.4) is 0 Å². The Kier molecular flexibility index (Phi) is 7.04. The second kappa shape index (κ2) is 7.71. The third-order valence-corrected chi connectivity index (χ3v) is 2.71. The van der Waals surface area contributed by atoms with E-state index in [1.54, 1.807) is 0 Å². The lowest BCUT2D eigenvalue weighted by atomic mass is 10.0. The van der Waals surface area contributed by atoms with Crippen LogP contribution in [-0.2, 0) is 19.2 Å². The molecule has 0 aromatic carbocycles. The molecule has 3 atom stereocenters. The Morgan fingerprint density at radius 2 is 1.74 bits per heavy atom. The normalized spacial score (nSPS) is 15.1. The van der Waals surface area contributed by atoms with Crippen LogP contribution in [0.25, 0.3) is 0 Å². The maximum absolute atomic E-state index is 11.7. The van der Waals surface area contributed by atoms with E-state index in [1.165, 1.54) is 0 Å². The number of amides is 2. The molecule has 1 unspecified atom stereocenters. The van der Waals surface area contributed by atoms with Crippen molar-refractivity contribution in [3.05, 3.63) is 0 Å². The topological polar surface area (TPSA) is 179 Å². The number of primary amides is 1. The van der Waals surface area contributed by atoms with Crippen LogP contribution in [0.4, 0.5) is 0 Å². The molecule has 10 heteroatoms. The van der Waals surface area contributed by atoms with Gasteiger partial charge in [-0.05, 0) is 0 Å². The van der Waals surface area contributed by atoms with E-state index < -0.39 is 47.4 Å². The minimum atomic E-state index is -1.38. The number of thiol groups is 1. The van der Waals surface area contributed by atoms with E-state index in [0.29, 0.717) is 0 Å². The molecule has 0 bridgehead atoms. The van der Waals surface area contributed by atoms with E-state index in [-0.39, 0.29) is 6.42 Å². The molecule has 0 saturated carbocycles. The van der Waals surface area contributed by atoms with E-state index in [4.69, 9.17) is 22.3 Å². The highest BCUT2D eigenvalue weighted by atomic mass is 32.1. The first kappa shape index (κ1) is 17.4. The van der Waals surface area contributed by atoms with Gasteiger partial charge in [0.15, 0.2) is 5.78 Å². The molecule has 2 amide bonds. The van der Waals surface area contributed by atoms with Gasteiger partial charge in [0.25, 0.3) is 0 Å². The van der Waals surface area contributed by atoms with Crippen molar-refractivity contribution in [2.45, 2.75) is 23.8 Å². The van der Waals surface area contributed by atoms with Crippen LogP contribution in [0, 0.1) is 0 Å². The van der Waals surface area contributed by atoms with Gasteiger partial charge in [0.1, 0.15) is 12.6 Å². The molecule has 108 valence electrons. The van der Waals surface area contributed by atoms with Gasteiger partial charge in [-0.25, -0.2) is 0 Å². The zero-order chi connectivity index (χ0) is 15.2. The molecule has 0 saturated heterocycles. The molecular formula is C9H16N4O5S. The molecule has 0 heterocycles. The smallest absolute Gasteiger partial charge is 0.322 e. The second-order valence-electron chi connectivity index (χ2n) is 3.76. The highest BCUT2D eigenvalue weighted by molar-refractivity contribution is 7.82. The number of aliphatic carboxylic acids is 1. The zero-order valence-electron chi connectivity index (χ0n) is 9.91. The third-order valence-electron chi connectivity index (χ3n) is 2.13. The van der Waals surface area contributed by atoms with Gasteiger partial charge in [0.2, 0.25) is 11.8 Å². The third kappa shape index (κ3) is 6.18. The largest absolute Gasteiger partial charge is 0.480 e. The average Bonchev–Trinajstić information content (AvgIpc) is 2.32. The molecular weight excluding hydrogens is 276 g/mol. The average molecular weight is 292 g/mol. The molecule has 0 aliphatic carbocycles. The van der Waals surface area contributed by atoms with Crippen molar-refractivity contribution >= 4 is 36.2 Å². The summed E-state index contributed by atoms with van der Waals surface area (Å²) < 4.78 is 0. The molecule has 0 aromatic rings. The SMILES string of the molecule is NC(=O)C[C@H](N)C(=O)C(S)[C@H](N)C(=O)NCC(=O)O. The van der Waals surface area contributed by atoms with Crippen molar-refractivity contribution in [2.75, 3.05) is 6.54 Å². The number of ketones is 1. The van der Waals surface area contributed by atoms with Crippen LogP contribution in [0.1, 0.15) is 6.42 Å². The summed E-state index contributed by atoms with van der Waals surface area (Å²) >= 11 is 3.85. The number of carboxylic acid groups (broad SMARTS) is 1. The number of hydrogen-bond acceptors (Lipinski definition) is 7. The molecule has 19 heavy (non-hydrogen) atoms. The van der Waals surface area contributed by atoms with Gasteiger partial charge in [0.05, 0.1) is 11.3 Å². The van der Waals surface area contributed by atoms with Gasteiger partial charge >= 0.3 is 5.97 Å². The van der Waals surface area contributed by atoms with Crippen molar-refractivity contribution < 1.29 is 24.3 Å². The Bertz CT molecular complexity index is 389. The lowest BCUT2D eigenvalue weighted by molar-refractivity contribution is -0.138. The summed E-state index contributed by atoms with van der Waals surface area (Å²) in [5.74, 6) is -3.61. The van der Waals surface area contributed by atoms with E-state index in [9.17, 15) is 19.2 Å². The Labute approximate surface area is 114 Å². The maximum Gasteiger partial charge on any atom is 0.322 e. The van der Waals surface area contributed by atoms with Gasteiger partial charge in [-0.1, -0.05) is 0 Å². The van der Waals surface area contributed by atoms with Crippen LogP contribution >= 0.6 is 12.6 Å². The summed E-state index contributed by atoms with van der Waals surface area (Å²) in [7, 11) is 0. The highest BCUT2D eigenvalue weighted by Crippen LogP contribution is 2.06. The molecule has 0 rings (SSSR count). The molecule has 8 N–H and O–H groups in total. The number of hydrogen-bond donors (Lipinski definition) is 6. The summed E-state index contributed by atoms with van der Waals surface area (Å²) in [6.45, 7) is -0.630. The van der Waals surface area contributed by atoms with E-state index in [0.717, 1.165) is 0 Å². The summed E-state index contributed by atoms with van der Waals surface area (Å²) in [5, 5.41) is 9.11. The fraction of sp³-hybridized carbons (Fsp3) is 0.556. The Balaban J connectivity index is 4.49. The predicted molar refractivity (Wildman–Crippen MR) is 68.2 cm³/mol. The minimum Gasteiger partial charge on any atom is -0.480 e. The number of Topliss-reactive ketones (excluding diaryl/α,β-unsaturated/α-hetero) is 1. The summed E-state index contributed by atoms with van der Waals surface area (Å²) in [6.07, 6.45) is -0.390. The highest BCUT2D eigenvalue weighted by Gasteiger charge is 2.31. The van der Waals surface area contributed by atoms with Crippen molar-refractivity contribution in [3.8, 4) is 0 Å². The number of carbonyl (C=O) groups excluding carboxylic acids is 3. The standard InChI is InChI=1S/C9H16N4O5S/c10-3(1-4(11)14)7(17)8(19)6(12)9(18)13-2-5(15)16/h3,6,8,19H,1-2,10,12H2,(H2,11,14)(H,13,18)(H,15,16)/t3-,6-,8?/m0/s1. The predicted octanol–water partition coefficient (Wildman–Crippen LogP) is -3.42. The molecule has 0 aliphatic heterocycles. The van der Waals surface area contributed by atoms with Crippen LogP contribution in [0.15, 0.2) is 0 Å². The Hall–Kier alpha value is -1.65. The number of carboxylic acids is 1. The lowest BCUT2D eigenvalue weighted by Gasteiger charge is -2.19. The number of nitrogens with one attached hydrogen (secondary N) is 1. The van der Waals surface area contributed by atoms with E-state index in [1.807, 2.05) is 5.32 Å².